The standard InChI is InChI=1S/C19H24N6O/c1-12(2)17(18-22-15-6-5-13(3)9-16(15)23-18)24-19(26)25(4)11-14-10-20-7-8-21-14/h5-10,12,17H,11H2,1-4H3,(H,22,23)(H,24,26)/t17-/m1/s1. The fourth-order valence-electron chi connectivity index (χ4n) is 2.81. The van der Waals surface area contributed by atoms with Crippen LogP contribution in [0.4, 0.5) is 4.79 Å². The third-order valence-corrected chi connectivity index (χ3v) is 4.26. The average Bonchev–Trinajstić information content (AvgIpc) is 3.02. The van der Waals surface area contributed by atoms with Crippen LogP contribution in [0.3, 0.4) is 0 Å². The minimum atomic E-state index is -0.209. The number of carbonyl (C=O) groups excluding carboxylic acids is 1. The summed E-state index contributed by atoms with van der Waals surface area (Å²) in [7, 11) is 1.74. The molecule has 7 nitrogen and oxygen atoms in total. The number of aromatic amines is 1. The van der Waals surface area contributed by atoms with Gasteiger partial charge in [-0.3, -0.25) is 9.97 Å². The summed E-state index contributed by atoms with van der Waals surface area (Å²) in [6.45, 7) is 6.56. The molecule has 0 fully saturated rings. The molecule has 7 heteroatoms. The first kappa shape index (κ1) is 17.8. The van der Waals surface area contributed by atoms with Crippen LogP contribution in [0.1, 0.15) is 37.0 Å². The van der Waals surface area contributed by atoms with Crippen LogP contribution in [0.5, 0.6) is 0 Å². The number of aromatic nitrogens is 4. The Kier molecular flexibility index (Phi) is 5.16. The van der Waals surface area contributed by atoms with Crippen molar-refractivity contribution in [3.63, 3.8) is 0 Å². The first-order valence-electron chi connectivity index (χ1n) is 8.67. The van der Waals surface area contributed by atoms with E-state index >= 15 is 0 Å². The van der Waals surface area contributed by atoms with Gasteiger partial charge in [-0.05, 0) is 30.5 Å². The molecule has 0 radical (unpaired) electrons. The van der Waals surface area contributed by atoms with Crippen LogP contribution in [0.2, 0.25) is 0 Å². The van der Waals surface area contributed by atoms with Gasteiger partial charge in [0, 0.05) is 19.4 Å². The van der Waals surface area contributed by atoms with Gasteiger partial charge in [-0.15, -0.1) is 0 Å². The minimum Gasteiger partial charge on any atom is -0.340 e. The van der Waals surface area contributed by atoms with E-state index in [-0.39, 0.29) is 18.0 Å². The second-order valence-electron chi connectivity index (χ2n) is 6.87. The molecule has 2 amide bonds. The van der Waals surface area contributed by atoms with Gasteiger partial charge in [0.2, 0.25) is 0 Å². The highest BCUT2D eigenvalue weighted by Gasteiger charge is 2.23. The normalized spacial score (nSPS) is 12.3. The zero-order chi connectivity index (χ0) is 18.7. The summed E-state index contributed by atoms with van der Waals surface area (Å²) < 4.78 is 0. The summed E-state index contributed by atoms with van der Waals surface area (Å²) in [5.74, 6) is 0.951. The Morgan fingerprint density at radius 2 is 2.12 bits per heavy atom. The molecule has 0 aliphatic heterocycles. The lowest BCUT2D eigenvalue weighted by Crippen LogP contribution is -2.41. The molecule has 0 bridgehead atoms. The Labute approximate surface area is 152 Å². The second kappa shape index (κ2) is 7.51. The molecule has 1 atom stereocenters. The maximum absolute atomic E-state index is 12.6. The number of nitrogens with one attached hydrogen (secondary N) is 2. The summed E-state index contributed by atoms with van der Waals surface area (Å²) in [5.41, 5.74) is 3.79. The number of imidazole rings is 1. The lowest BCUT2D eigenvalue weighted by molar-refractivity contribution is 0.197. The largest absolute Gasteiger partial charge is 0.340 e. The summed E-state index contributed by atoms with van der Waals surface area (Å²) in [6.07, 6.45) is 4.89. The maximum Gasteiger partial charge on any atom is 0.318 e. The molecule has 1 aromatic carbocycles. The number of rotatable bonds is 5. The Morgan fingerprint density at radius 3 is 2.81 bits per heavy atom. The second-order valence-corrected chi connectivity index (χ2v) is 6.87. The number of H-pyrrole nitrogens is 1. The molecule has 0 saturated heterocycles. The molecular weight excluding hydrogens is 328 g/mol. The van der Waals surface area contributed by atoms with Gasteiger partial charge in [0.1, 0.15) is 5.82 Å². The van der Waals surface area contributed by atoms with Gasteiger partial charge in [0.15, 0.2) is 0 Å². The molecule has 26 heavy (non-hydrogen) atoms. The van der Waals surface area contributed by atoms with Crippen LogP contribution in [0.15, 0.2) is 36.8 Å². The van der Waals surface area contributed by atoms with E-state index in [0.29, 0.717) is 6.54 Å². The molecule has 0 aliphatic carbocycles. The summed E-state index contributed by atoms with van der Waals surface area (Å²) in [6, 6.07) is 5.70. The van der Waals surface area contributed by atoms with Crippen molar-refractivity contribution in [3.8, 4) is 0 Å². The number of amides is 2. The highest BCUT2D eigenvalue weighted by Crippen LogP contribution is 2.23. The van der Waals surface area contributed by atoms with Gasteiger partial charge in [-0.25, -0.2) is 9.78 Å². The van der Waals surface area contributed by atoms with Gasteiger partial charge in [-0.1, -0.05) is 19.9 Å². The smallest absolute Gasteiger partial charge is 0.318 e. The zero-order valence-electron chi connectivity index (χ0n) is 15.5. The molecule has 136 valence electrons. The van der Waals surface area contributed by atoms with Crippen LogP contribution in [-0.2, 0) is 6.54 Å². The third kappa shape index (κ3) is 3.99. The zero-order valence-corrected chi connectivity index (χ0v) is 15.5. The molecule has 2 N–H and O–H groups in total. The Balaban J connectivity index is 1.75. The van der Waals surface area contributed by atoms with E-state index in [9.17, 15) is 4.79 Å². The SMILES string of the molecule is Cc1ccc2nc([C@H](NC(=O)N(C)Cc3cnccn3)C(C)C)[nH]c2c1. The topological polar surface area (TPSA) is 86.8 Å². The number of benzene rings is 1. The van der Waals surface area contributed by atoms with Gasteiger partial charge in [0.05, 0.1) is 35.5 Å². The van der Waals surface area contributed by atoms with E-state index in [1.54, 1.807) is 30.5 Å². The minimum absolute atomic E-state index is 0.175. The van der Waals surface area contributed by atoms with Gasteiger partial charge < -0.3 is 15.2 Å². The predicted molar refractivity (Wildman–Crippen MR) is 100 cm³/mol. The van der Waals surface area contributed by atoms with Gasteiger partial charge in [-0.2, -0.15) is 0 Å². The van der Waals surface area contributed by atoms with Crippen molar-refractivity contribution in [1.82, 2.24) is 30.2 Å². The van der Waals surface area contributed by atoms with Crippen LogP contribution in [0, 0.1) is 12.8 Å². The molecule has 0 aliphatic rings. The molecule has 2 heterocycles. The fourth-order valence-corrected chi connectivity index (χ4v) is 2.81. The molecular formula is C19H24N6O. The number of hydrogen-bond donors (Lipinski definition) is 2. The van der Waals surface area contributed by atoms with E-state index in [1.807, 2.05) is 19.1 Å². The number of aryl methyl sites for hydroxylation is 1. The third-order valence-electron chi connectivity index (χ3n) is 4.26. The Morgan fingerprint density at radius 1 is 1.31 bits per heavy atom. The van der Waals surface area contributed by atoms with Crippen LogP contribution >= 0.6 is 0 Å². The molecule has 3 aromatic rings. The first-order valence-corrected chi connectivity index (χ1v) is 8.67. The monoisotopic (exact) mass is 352 g/mol. The van der Waals surface area contributed by atoms with Crippen molar-refractivity contribution < 1.29 is 4.79 Å². The lowest BCUT2D eigenvalue weighted by atomic mass is 10.0. The molecule has 2 aromatic heterocycles. The Bertz CT molecular complexity index is 889. The van der Waals surface area contributed by atoms with E-state index in [0.717, 1.165) is 22.6 Å². The van der Waals surface area contributed by atoms with Crippen molar-refractivity contribution in [2.45, 2.75) is 33.4 Å². The van der Waals surface area contributed by atoms with Crippen molar-refractivity contribution in [1.29, 1.82) is 0 Å². The van der Waals surface area contributed by atoms with E-state index in [2.05, 4.69) is 45.2 Å². The highest BCUT2D eigenvalue weighted by molar-refractivity contribution is 5.77. The number of hydrogen-bond acceptors (Lipinski definition) is 4. The highest BCUT2D eigenvalue weighted by atomic mass is 16.2. The van der Waals surface area contributed by atoms with Crippen molar-refractivity contribution in [2.24, 2.45) is 5.92 Å². The predicted octanol–water partition coefficient (Wildman–Crippen LogP) is 3.20. The van der Waals surface area contributed by atoms with Gasteiger partial charge >= 0.3 is 6.03 Å². The van der Waals surface area contributed by atoms with Crippen LogP contribution in [-0.4, -0.2) is 37.9 Å². The summed E-state index contributed by atoms with van der Waals surface area (Å²) in [5, 5.41) is 3.07. The number of nitrogens with zero attached hydrogens (tertiary/aromatic N) is 4. The summed E-state index contributed by atoms with van der Waals surface area (Å²) in [4.78, 5) is 30.5. The van der Waals surface area contributed by atoms with Crippen molar-refractivity contribution in [3.05, 3.63) is 53.9 Å². The van der Waals surface area contributed by atoms with Gasteiger partial charge in [0.25, 0.3) is 0 Å². The summed E-state index contributed by atoms with van der Waals surface area (Å²) >= 11 is 0. The molecule has 0 unspecified atom stereocenters. The molecule has 3 rings (SSSR count). The molecule has 0 spiro atoms. The van der Waals surface area contributed by atoms with Crippen molar-refractivity contribution >= 4 is 17.1 Å². The molecule has 0 saturated carbocycles. The Hall–Kier alpha value is -2.96. The average molecular weight is 352 g/mol. The van der Waals surface area contributed by atoms with E-state index in [1.165, 1.54) is 5.56 Å². The quantitative estimate of drug-likeness (QED) is 0.738. The van der Waals surface area contributed by atoms with Crippen LogP contribution in [0.25, 0.3) is 11.0 Å². The number of urea groups is 1. The first-order chi connectivity index (χ1) is 12.4. The van der Waals surface area contributed by atoms with Crippen molar-refractivity contribution in [2.75, 3.05) is 7.05 Å². The van der Waals surface area contributed by atoms with E-state index in [4.69, 9.17) is 0 Å². The number of fused-ring (bicyclic) bond motifs is 1. The fraction of sp³-hybridized carbons (Fsp3) is 0.368. The van der Waals surface area contributed by atoms with Crippen LogP contribution < -0.4 is 5.32 Å². The van der Waals surface area contributed by atoms with E-state index < -0.39 is 0 Å². The lowest BCUT2D eigenvalue weighted by Gasteiger charge is -2.24. The number of carbonyl (C=O) groups is 1. The maximum atomic E-state index is 12.6.